The second-order valence-corrected chi connectivity index (χ2v) is 9.88. The van der Waals surface area contributed by atoms with E-state index < -0.39 is 0 Å². The van der Waals surface area contributed by atoms with Crippen molar-refractivity contribution >= 4 is 0 Å². The maximum Gasteiger partial charge on any atom is -0.0131 e. The highest BCUT2D eigenvalue weighted by atomic mass is 14.5. The predicted molar refractivity (Wildman–Crippen MR) is 106 cm³/mol. The first-order chi connectivity index (χ1) is 11.3. The Bertz CT molecular complexity index is 494. The standard InChI is InChI=1S/C24H40/c1-13(2)21-15(5)9-11-19-20-12-10-16(6)22(14(3)4)24(20)18(8)17(7)23(19)21/h13-20H,9-12H2,1-8H3. The number of allylic oxidation sites excluding steroid dienone is 4. The van der Waals surface area contributed by atoms with Gasteiger partial charge < -0.3 is 0 Å². The Hall–Kier alpha value is -0.520. The third-order valence-corrected chi connectivity index (χ3v) is 7.81. The molecule has 0 N–H and O–H groups in total. The van der Waals surface area contributed by atoms with Crippen molar-refractivity contribution in [3.8, 4) is 0 Å². The van der Waals surface area contributed by atoms with Crippen LogP contribution >= 0.6 is 0 Å². The third-order valence-electron chi connectivity index (χ3n) is 7.81. The average Bonchev–Trinajstić information content (AvgIpc) is 2.51. The summed E-state index contributed by atoms with van der Waals surface area (Å²) in [7, 11) is 0. The first-order valence-corrected chi connectivity index (χ1v) is 10.7. The summed E-state index contributed by atoms with van der Waals surface area (Å²) < 4.78 is 0. The molecule has 0 aliphatic heterocycles. The molecule has 0 bridgehead atoms. The molecule has 0 saturated heterocycles. The van der Waals surface area contributed by atoms with Gasteiger partial charge in [-0.15, -0.1) is 0 Å². The molecule has 6 atom stereocenters. The summed E-state index contributed by atoms with van der Waals surface area (Å²) in [5, 5.41) is 0. The fraction of sp³-hybridized carbons (Fsp3) is 0.833. The first kappa shape index (κ1) is 18.3. The zero-order chi connectivity index (χ0) is 17.8. The minimum atomic E-state index is 0.727. The van der Waals surface area contributed by atoms with Gasteiger partial charge in [0.2, 0.25) is 0 Å². The number of fused-ring (bicyclic) bond motifs is 3. The topological polar surface area (TPSA) is 0 Å². The van der Waals surface area contributed by atoms with Crippen molar-refractivity contribution in [2.24, 2.45) is 47.3 Å². The summed E-state index contributed by atoms with van der Waals surface area (Å²) in [5.74, 6) is 6.30. The number of hydrogen-bond donors (Lipinski definition) is 0. The molecule has 0 nitrogen and oxygen atoms in total. The molecular weight excluding hydrogens is 288 g/mol. The van der Waals surface area contributed by atoms with E-state index in [2.05, 4.69) is 55.4 Å². The lowest BCUT2D eigenvalue weighted by molar-refractivity contribution is 0.198. The summed E-state index contributed by atoms with van der Waals surface area (Å²) in [4.78, 5) is 0. The van der Waals surface area contributed by atoms with Gasteiger partial charge in [-0.25, -0.2) is 0 Å². The Morgan fingerprint density at radius 2 is 0.917 bits per heavy atom. The van der Waals surface area contributed by atoms with Crippen LogP contribution in [0, 0.1) is 47.3 Å². The van der Waals surface area contributed by atoms with Gasteiger partial charge in [-0.3, -0.25) is 0 Å². The van der Waals surface area contributed by atoms with Gasteiger partial charge in [0, 0.05) is 0 Å². The molecule has 6 unspecified atom stereocenters. The molecule has 0 heterocycles. The van der Waals surface area contributed by atoms with E-state index in [4.69, 9.17) is 0 Å². The van der Waals surface area contributed by atoms with Crippen LogP contribution < -0.4 is 0 Å². The SMILES string of the molecule is CC(C)C1=C2C(C)C(C)C3=C(C(C)C)C(C)CCC3C2CCC1C. The summed E-state index contributed by atoms with van der Waals surface area (Å²) in [6.45, 7) is 19.8. The minimum absolute atomic E-state index is 0.727. The molecule has 1 fully saturated rings. The van der Waals surface area contributed by atoms with E-state index in [-0.39, 0.29) is 0 Å². The molecule has 1 saturated carbocycles. The van der Waals surface area contributed by atoms with Gasteiger partial charge in [0.15, 0.2) is 0 Å². The largest absolute Gasteiger partial charge is 0.0650 e. The number of hydrogen-bond acceptors (Lipinski definition) is 0. The van der Waals surface area contributed by atoms with E-state index in [0.717, 1.165) is 47.3 Å². The van der Waals surface area contributed by atoms with E-state index in [1.165, 1.54) is 25.7 Å². The van der Waals surface area contributed by atoms with Gasteiger partial charge in [-0.05, 0) is 73.0 Å². The van der Waals surface area contributed by atoms with Crippen LogP contribution in [0.1, 0.15) is 81.1 Å². The summed E-state index contributed by atoms with van der Waals surface area (Å²) in [6.07, 6.45) is 5.72. The molecule has 0 amide bonds. The van der Waals surface area contributed by atoms with Crippen LogP contribution in [0.4, 0.5) is 0 Å². The fourth-order valence-electron chi connectivity index (χ4n) is 6.86. The molecule has 3 aliphatic rings. The van der Waals surface area contributed by atoms with Crippen LogP contribution in [0.25, 0.3) is 0 Å². The monoisotopic (exact) mass is 328 g/mol. The van der Waals surface area contributed by atoms with E-state index in [0.29, 0.717) is 0 Å². The van der Waals surface area contributed by atoms with Crippen LogP contribution in [0.3, 0.4) is 0 Å². The molecule has 0 aromatic carbocycles. The number of rotatable bonds is 2. The van der Waals surface area contributed by atoms with Crippen molar-refractivity contribution in [3.05, 3.63) is 22.3 Å². The van der Waals surface area contributed by atoms with Gasteiger partial charge in [0.25, 0.3) is 0 Å². The Morgan fingerprint density at radius 3 is 1.21 bits per heavy atom. The van der Waals surface area contributed by atoms with Crippen LogP contribution in [0.15, 0.2) is 22.3 Å². The summed E-state index contributed by atoms with van der Waals surface area (Å²) in [6, 6.07) is 0. The Kier molecular flexibility index (Phi) is 5.07. The quantitative estimate of drug-likeness (QED) is 0.467. The molecule has 0 aromatic heterocycles. The Labute approximate surface area is 151 Å². The van der Waals surface area contributed by atoms with Crippen LogP contribution in [0.5, 0.6) is 0 Å². The first-order valence-electron chi connectivity index (χ1n) is 10.7. The molecule has 0 spiro atoms. The van der Waals surface area contributed by atoms with Crippen LogP contribution in [0.2, 0.25) is 0 Å². The van der Waals surface area contributed by atoms with Crippen molar-refractivity contribution in [2.45, 2.75) is 81.1 Å². The van der Waals surface area contributed by atoms with E-state index in [1.807, 2.05) is 22.3 Å². The van der Waals surface area contributed by atoms with Crippen molar-refractivity contribution in [1.29, 1.82) is 0 Å². The lowest BCUT2D eigenvalue weighted by Gasteiger charge is -2.52. The summed E-state index contributed by atoms with van der Waals surface area (Å²) in [5.41, 5.74) is 7.49. The molecule has 0 heteroatoms. The second-order valence-electron chi connectivity index (χ2n) is 9.88. The van der Waals surface area contributed by atoms with Crippen LogP contribution in [-0.2, 0) is 0 Å². The van der Waals surface area contributed by atoms with Crippen LogP contribution in [-0.4, -0.2) is 0 Å². The Morgan fingerprint density at radius 1 is 0.583 bits per heavy atom. The third kappa shape index (κ3) is 2.73. The average molecular weight is 329 g/mol. The predicted octanol–water partition coefficient (Wildman–Crippen LogP) is 7.27. The van der Waals surface area contributed by atoms with Crippen molar-refractivity contribution in [3.63, 3.8) is 0 Å². The lowest BCUT2D eigenvalue weighted by Crippen LogP contribution is -2.41. The van der Waals surface area contributed by atoms with Gasteiger partial charge in [-0.1, -0.05) is 77.7 Å². The highest BCUT2D eigenvalue weighted by molar-refractivity contribution is 5.39. The van der Waals surface area contributed by atoms with Gasteiger partial charge in [0.1, 0.15) is 0 Å². The normalized spacial score (nSPS) is 40.2. The molecular formula is C24H40. The lowest BCUT2D eigenvalue weighted by atomic mass is 9.53. The molecule has 24 heavy (non-hydrogen) atoms. The molecule has 0 radical (unpaired) electrons. The van der Waals surface area contributed by atoms with E-state index >= 15 is 0 Å². The Balaban J connectivity index is 2.16. The van der Waals surface area contributed by atoms with Crippen molar-refractivity contribution in [1.82, 2.24) is 0 Å². The van der Waals surface area contributed by atoms with Crippen molar-refractivity contribution in [2.75, 3.05) is 0 Å². The fourth-order valence-corrected chi connectivity index (χ4v) is 6.86. The van der Waals surface area contributed by atoms with Gasteiger partial charge >= 0.3 is 0 Å². The smallest absolute Gasteiger partial charge is 0.0131 e. The second kappa shape index (κ2) is 6.65. The minimum Gasteiger partial charge on any atom is -0.0650 e. The molecule has 0 aromatic rings. The zero-order valence-electron chi connectivity index (χ0n) is 17.4. The van der Waals surface area contributed by atoms with E-state index in [9.17, 15) is 0 Å². The maximum absolute atomic E-state index is 2.55. The van der Waals surface area contributed by atoms with Gasteiger partial charge in [-0.2, -0.15) is 0 Å². The molecule has 3 aliphatic carbocycles. The van der Waals surface area contributed by atoms with E-state index in [1.54, 1.807) is 0 Å². The molecule has 136 valence electrons. The highest BCUT2D eigenvalue weighted by Crippen LogP contribution is 2.58. The summed E-state index contributed by atoms with van der Waals surface area (Å²) >= 11 is 0. The highest BCUT2D eigenvalue weighted by Gasteiger charge is 2.47. The maximum atomic E-state index is 2.55. The van der Waals surface area contributed by atoms with Crippen molar-refractivity contribution < 1.29 is 0 Å². The van der Waals surface area contributed by atoms with Gasteiger partial charge in [0.05, 0.1) is 0 Å². The molecule has 3 rings (SSSR count). The zero-order valence-corrected chi connectivity index (χ0v) is 17.4.